The SMILES string of the molecule is CCCn1cc(C(=O)Nc2ccc(OC(F)(F)F)cc2)c(=O)c2ccc(C)nc21. The number of hydrogen-bond acceptors (Lipinski definition) is 4. The molecule has 0 aliphatic carbocycles. The van der Waals surface area contributed by atoms with Crippen LogP contribution in [0.4, 0.5) is 18.9 Å². The third-order valence-electron chi connectivity index (χ3n) is 4.12. The molecule has 29 heavy (non-hydrogen) atoms. The van der Waals surface area contributed by atoms with Gasteiger partial charge in [-0.3, -0.25) is 9.59 Å². The Hall–Kier alpha value is -3.36. The number of benzene rings is 1. The molecule has 6 nitrogen and oxygen atoms in total. The molecule has 0 aliphatic rings. The first kappa shape index (κ1) is 20.4. The second kappa shape index (κ2) is 7.94. The summed E-state index contributed by atoms with van der Waals surface area (Å²) in [6.07, 6.45) is -2.57. The first-order chi connectivity index (χ1) is 13.7. The lowest BCUT2D eigenvalue weighted by Gasteiger charge is -2.13. The second-order valence-electron chi connectivity index (χ2n) is 6.42. The van der Waals surface area contributed by atoms with E-state index in [-0.39, 0.29) is 11.3 Å². The molecule has 3 aromatic rings. The van der Waals surface area contributed by atoms with Gasteiger partial charge in [0.15, 0.2) is 0 Å². The maximum atomic E-state index is 12.8. The van der Waals surface area contributed by atoms with Gasteiger partial charge in [0.2, 0.25) is 5.43 Å². The number of halogens is 3. The molecule has 2 aromatic heterocycles. The summed E-state index contributed by atoms with van der Waals surface area (Å²) in [5, 5.41) is 2.85. The van der Waals surface area contributed by atoms with Gasteiger partial charge in [0.1, 0.15) is 17.0 Å². The fourth-order valence-electron chi connectivity index (χ4n) is 2.87. The minimum Gasteiger partial charge on any atom is -0.406 e. The number of carbonyl (C=O) groups excluding carboxylic acids is 1. The Bertz CT molecular complexity index is 1110. The standard InChI is InChI=1S/C20H18F3N3O3/c1-3-10-26-11-16(17(27)15-9-4-12(2)24-18(15)26)19(28)25-13-5-7-14(8-6-13)29-20(21,22)23/h4-9,11H,3,10H2,1-2H3,(H,25,28). The monoisotopic (exact) mass is 405 g/mol. The number of rotatable bonds is 5. The Labute approximate surface area is 163 Å². The van der Waals surface area contributed by atoms with E-state index in [1.165, 1.54) is 18.3 Å². The Morgan fingerprint density at radius 3 is 2.48 bits per heavy atom. The quantitative estimate of drug-likeness (QED) is 0.688. The van der Waals surface area contributed by atoms with Crippen molar-refractivity contribution < 1.29 is 22.7 Å². The van der Waals surface area contributed by atoms with Gasteiger partial charge < -0.3 is 14.6 Å². The van der Waals surface area contributed by atoms with Gasteiger partial charge in [0.05, 0.1) is 5.39 Å². The summed E-state index contributed by atoms with van der Waals surface area (Å²) in [7, 11) is 0. The van der Waals surface area contributed by atoms with Crippen molar-refractivity contribution in [2.24, 2.45) is 0 Å². The van der Waals surface area contributed by atoms with E-state index in [0.29, 0.717) is 17.6 Å². The van der Waals surface area contributed by atoms with Gasteiger partial charge in [-0.2, -0.15) is 0 Å². The molecule has 0 saturated heterocycles. The van der Waals surface area contributed by atoms with Crippen molar-refractivity contribution in [2.45, 2.75) is 33.2 Å². The zero-order valence-electron chi connectivity index (χ0n) is 15.7. The van der Waals surface area contributed by atoms with Crippen molar-refractivity contribution in [3.05, 3.63) is 64.1 Å². The van der Waals surface area contributed by atoms with E-state index < -0.39 is 23.4 Å². The summed E-state index contributed by atoms with van der Waals surface area (Å²) in [6.45, 7) is 4.34. The molecule has 9 heteroatoms. The predicted molar refractivity (Wildman–Crippen MR) is 102 cm³/mol. The van der Waals surface area contributed by atoms with E-state index in [2.05, 4.69) is 15.0 Å². The fourth-order valence-corrected chi connectivity index (χ4v) is 2.87. The van der Waals surface area contributed by atoms with Crippen molar-refractivity contribution >= 4 is 22.6 Å². The average molecular weight is 405 g/mol. The molecule has 1 N–H and O–H groups in total. The number of carbonyl (C=O) groups is 1. The lowest BCUT2D eigenvalue weighted by molar-refractivity contribution is -0.274. The van der Waals surface area contributed by atoms with Crippen molar-refractivity contribution in [1.82, 2.24) is 9.55 Å². The maximum Gasteiger partial charge on any atom is 0.573 e. The Balaban J connectivity index is 1.92. The van der Waals surface area contributed by atoms with Crippen LogP contribution >= 0.6 is 0 Å². The highest BCUT2D eigenvalue weighted by Gasteiger charge is 2.31. The van der Waals surface area contributed by atoms with E-state index in [1.54, 1.807) is 16.7 Å². The number of ether oxygens (including phenoxy) is 1. The number of fused-ring (bicyclic) bond motifs is 1. The van der Waals surface area contributed by atoms with Crippen LogP contribution in [-0.2, 0) is 6.54 Å². The van der Waals surface area contributed by atoms with Crippen LogP contribution in [0, 0.1) is 6.92 Å². The Kier molecular flexibility index (Phi) is 5.58. The number of aromatic nitrogens is 2. The van der Waals surface area contributed by atoms with Crippen LogP contribution in [0.25, 0.3) is 11.0 Å². The molecule has 2 heterocycles. The Morgan fingerprint density at radius 1 is 1.17 bits per heavy atom. The van der Waals surface area contributed by atoms with Crippen LogP contribution in [0.5, 0.6) is 5.75 Å². The number of nitrogens with zero attached hydrogens (tertiary/aromatic N) is 2. The van der Waals surface area contributed by atoms with Crippen LogP contribution in [0.2, 0.25) is 0 Å². The molecule has 1 amide bonds. The topological polar surface area (TPSA) is 73.2 Å². The summed E-state index contributed by atoms with van der Waals surface area (Å²) >= 11 is 0. The van der Waals surface area contributed by atoms with E-state index in [4.69, 9.17) is 0 Å². The minimum atomic E-state index is -4.80. The minimum absolute atomic E-state index is 0.0766. The number of hydrogen-bond donors (Lipinski definition) is 1. The van der Waals surface area contributed by atoms with Gasteiger partial charge in [-0.05, 0) is 49.7 Å². The summed E-state index contributed by atoms with van der Waals surface area (Å²) in [4.78, 5) is 29.8. The van der Waals surface area contributed by atoms with Gasteiger partial charge in [-0.15, -0.1) is 13.2 Å². The molecule has 0 unspecified atom stereocenters. The van der Waals surface area contributed by atoms with Crippen molar-refractivity contribution in [1.29, 1.82) is 0 Å². The lowest BCUT2D eigenvalue weighted by Crippen LogP contribution is -2.24. The number of amides is 1. The largest absolute Gasteiger partial charge is 0.573 e. The normalized spacial score (nSPS) is 11.5. The number of pyridine rings is 2. The molecule has 0 saturated carbocycles. The van der Waals surface area contributed by atoms with Crippen molar-refractivity contribution in [3.63, 3.8) is 0 Å². The van der Waals surface area contributed by atoms with E-state index >= 15 is 0 Å². The van der Waals surface area contributed by atoms with Crippen molar-refractivity contribution in [2.75, 3.05) is 5.32 Å². The summed E-state index contributed by atoms with van der Waals surface area (Å²) in [6, 6.07) is 8.00. The van der Waals surface area contributed by atoms with Crippen molar-refractivity contribution in [3.8, 4) is 5.75 Å². The maximum absolute atomic E-state index is 12.8. The molecule has 0 spiro atoms. The molecule has 0 bridgehead atoms. The van der Waals surface area contributed by atoms with E-state index in [0.717, 1.165) is 24.2 Å². The molecule has 0 aliphatic heterocycles. The van der Waals surface area contributed by atoms with Crippen LogP contribution in [0.15, 0.2) is 47.4 Å². The molecule has 1 aromatic carbocycles. The highest BCUT2D eigenvalue weighted by Crippen LogP contribution is 2.24. The molecule has 0 fully saturated rings. The van der Waals surface area contributed by atoms with Gasteiger partial charge in [-0.25, -0.2) is 4.98 Å². The number of alkyl halides is 3. The summed E-state index contributed by atoms with van der Waals surface area (Å²) in [5.74, 6) is -1.07. The summed E-state index contributed by atoms with van der Waals surface area (Å²) in [5.41, 5.74) is 0.942. The van der Waals surface area contributed by atoms with Crippen LogP contribution in [0.1, 0.15) is 29.4 Å². The van der Waals surface area contributed by atoms with Crippen LogP contribution in [0.3, 0.4) is 0 Å². The molecular weight excluding hydrogens is 387 g/mol. The zero-order valence-corrected chi connectivity index (χ0v) is 15.7. The molecule has 3 rings (SSSR count). The third kappa shape index (κ3) is 4.74. The van der Waals surface area contributed by atoms with Crippen LogP contribution in [-0.4, -0.2) is 21.8 Å². The third-order valence-corrected chi connectivity index (χ3v) is 4.12. The average Bonchev–Trinajstić information content (AvgIpc) is 2.64. The van der Waals surface area contributed by atoms with Gasteiger partial charge in [-0.1, -0.05) is 6.92 Å². The summed E-state index contributed by atoms with van der Waals surface area (Å²) < 4.78 is 42.3. The van der Waals surface area contributed by atoms with Gasteiger partial charge in [0, 0.05) is 24.1 Å². The van der Waals surface area contributed by atoms with Gasteiger partial charge in [0.25, 0.3) is 5.91 Å². The number of nitrogens with one attached hydrogen (secondary N) is 1. The van der Waals surface area contributed by atoms with Crippen LogP contribution < -0.4 is 15.5 Å². The zero-order chi connectivity index (χ0) is 21.2. The van der Waals surface area contributed by atoms with E-state index in [9.17, 15) is 22.8 Å². The highest BCUT2D eigenvalue weighted by atomic mass is 19.4. The smallest absolute Gasteiger partial charge is 0.406 e. The number of anilines is 1. The second-order valence-corrected chi connectivity index (χ2v) is 6.42. The van der Waals surface area contributed by atoms with Gasteiger partial charge >= 0.3 is 6.36 Å². The first-order valence-corrected chi connectivity index (χ1v) is 8.86. The first-order valence-electron chi connectivity index (χ1n) is 8.86. The highest BCUT2D eigenvalue weighted by molar-refractivity contribution is 6.05. The predicted octanol–water partition coefficient (Wildman–Crippen LogP) is 4.27. The molecular formula is C20H18F3N3O3. The Morgan fingerprint density at radius 2 is 1.86 bits per heavy atom. The number of aryl methyl sites for hydroxylation is 2. The molecule has 0 atom stereocenters. The fraction of sp³-hybridized carbons (Fsp3) is 0.250. The van der Waals surface area contributed by atoms with E-state index in [1.807, 2.05) is 13.8 Å². The lowest BCUT2D eigenvalue weighted by atomic mass is 10.1. The molecule has 0 radical (unpaired) electrons. The molecule has 152 valence electrons.